The van der Waals surface area contributed by atoms with Crippen molar-refractivity contribution in [1.82, 2.24) is 15.1 Å². The van der Waals surface area contributed by atoms with Crippen LogP contribution < -0.4 is 5.32 Å². The van der Waals surface area contributed by atoms with Crippen molar-refractivity contribution < 1.29 is 9.21 Å². The zero-order chi connectivity index (χ0) is 11.5. The van der Waals surface area contributed by atoms with Crippen LogP contribution in [-0.2, 0) is 13.6 Å². The SMILES string of the molecule is Cn1nccc1CNC(=O)c1ccoc1Br. The summed E-state index contributed by atoms with van der Waals surface area (Å²) in [5, 5.41) is 6.79. The van der Waals surface area contributed by atoms with Gasteiger partial charge >= 0.3 is 0 Å². The Labute approximate surface area is 101 Å². The summed E-state index contributed by atoms with van der Waals surface area (Å²) in [5.74, 6) is -0.179. The first-order chi connectivity index (χ1) is 7.68. The highest BCUT2D eigenvalue weighted by atomic mass is 79.9. The van der Waals surface area contributed by atoms with Crippen LogP contribution >= 0.6 is 15.9 Å². The van der Waals surface area contributed by atoms with Gasteiger partial charge in [-0.1, -0.05) is 0 Å². The highest BCUT2D eigenvalue weighted by molar-refractivity contribution is 9.10. The van der Waals surface area contributed by atoms with Gasteiger partial charge in [0, 0.05) is 13.2 Å². The van der Waals surface area contributed by atoms with E-state index in [0.717, 1.165) is 5.69 Å². The topological polar surface area (TPSA) is 60.1 Å². The van der Waals surface area contributed by atoms with E-state index >= 15 is 0 Å². The van der Waals surface area contributed by atoms with Gasteiger partial charge in [0.05, 0.1) is 24.1 Å². The molecule has 2 aromatic heterocycles. The number of nitrogens with zero attached hydrogens (tertiary/aromatic N) is 2. The lowest BCUT2D eigenvalue weighted by atomic mass is 10.3. The summed E-state index contributed by atoms with van der Waals surface area (Å²) in [4.78, 5) is 11.7. The molecule has 1 amide bonds. The van der Waals surface area contributed by atoms with Crippen LogP contribution in [0.5, 0.6) is 0 Å². The Morgan fingerprint density at radius 3 is 3.00 bits per heavy atom. The van der Waals surface area contributed by atoms with E-state index in [1.54, 1.807) is 16.9 Å². The quantitative estimate of drug-likeness (QED) is 0.933. The lowest BCUT2D eigenvalue weighted by Gasteiger charge is -2.04. The van der Waals surface area contributed by atoms with E-state index in [1.807, 2.05) is 13.1 Å². The van der Waals surface area contributed by atoms with Crippen molar-refractivity contribution in [2.45, 2.75) is 6.54 Å². The second-order valence-electron chi connectivity index (χ2n) is 3.24. The molecule has 0 aromatic carbocycles. The number of carbonyl (C=O) groups is 1. The summed E-state index contributed by atoms with van der Waals surface area (Å²) in [7, 11) is 1.83. The summed E-state index contributed by atoms with van der Waals surface area (Å²) in [6.07, 6.45) is 3.15. The van der Waals surface area contributed by atoms with Crippen molar-refractivity contribution in [2.24, 2.45) is 7.05 Å². The van der Waals surface area contributed by atoms with Crippen molar-refractivity contribution in [1.29, 1.82) is 0 Å². The van der Waals surface area contributed by atoms with E-state index in [0.29, 0.717) is 16.8 Å². The van der Waals surface area contributed by atoms with Crippen LogP contribution in [0.4, 0.5) is 0 Å². The Bertz CT molecular complexity index is 504. The fourth-order valence-electron chi connectivity index (χ4n) is 1.30. The van der Waals surface area contributed by atoms with Crippen molar-refractivity contribution >= 4 is 21.8 Å². The summed E-state index contributed by atoms with van der Waals surface area (Å²) in [6.45, 7) is 0.437. The van der Waals surface area contributed by atoms with E-state index in [1.165, 1.54) is 6.26 Å². The number of hydrogen-bond acceptors (Lipinski definition) is 3. The van der Waals surface area contributed by atoms with Gasteiger partial charge in [0.25, 0.3) is 5.91 Å². The molecule has 84 valence electrons. The minimum atomic E-state index is -0.179. The maximum absolute atomic E-state index is 11.7. The maximum atomic E-state index is 11.7. The first-order valence-corrected chi connectivity index (χ1v) is 5.46. The van der Waals surface area contributed by atoms with Gasteiger partial charge in [-0.15, -0.1) is 0 Å². The van der Waals surface area contributed by atoms with Crippen molar-refractivity contribution in [3.8, 4) is 0 Å². The Hall–Kier alpha value is -1.56. The summed E-state index contributed by atoms with van der Waals surface area (Å²) in [5.41, 5.74) is 1.43. The average molecular weight is 284 g/mol. The van der Waals surface area contributed by atoms with Crippen molar-refractivity contribution in [3.63, 3.8) is 0 Å². The number of hydrogen-bond donors (Lipinski definition) is 1. The number of aryl methyl sites for hydroxylation is 1. The number of nitrogens with one attached hydrogen (secondary N) is 1. The fourth-order valence-corrected chi connectivity index (χ4v) is 1.72. The van der Waals surface area contributed by atoms with Gasteiger partial charge < -0.3 is 9.73 Å². The van der Waals surface area contributed by atoms with E-state index in [-0.39, 0.29) is 5.91 Å². The molecule has 0 aliphatic heterocycles. The normalized spacial score (nSPS) is 10.4. The molecule has 0 aliphatic rings. The van der Waals surface area contributed by atoms with Gasteiger partial charge in [-0.3, -0.25) is 9.48 Å². The molecule has 0 spiro atoms. The molecule has 0 saturated carbocycles. The standard InChI is InChI=1S/C10H10BrN3O2/c1-14-7(2-4-13-14)6-12-10(15)8-3-5-16-9(8)11/h2-5H,6H2,1H3,(H,12,15). The molecule has 0 atom stereocenters. The Morgan fingerprint density at radius 2 is 2.44 bits per heavy atom. The third kappa shape index (κ3) is 2.16. The van der Waals surface area contributed by atoms with Crippen LogP contribution in [0.25, 0.3) is 0 Å². The van der Waals surface area contributed by atoms with Gasteiger partial charge in [0.1, 0.15) is 0 Å². The molecule has 0 radical (unpaired) electrons. The smallest absolute Gasteiger partial charge is 0.256 e. The van der Waals surface area contributed by atoms with Gasteiger partial charge in [-0.2, -0.15) is 5.10 Å². The molecule has 0 aliphatic carbocycles. The fraction of sp³-hybridized carbons (Fsp3) is 0.200. The van der Waals surface area contributed by atoms with Crippen LogP contribution in [0.1, 0.15) is 16.1 Å². The van der Waals surface area contributed by atoms with E-state index in [4.69, 9.17) is 4.42 Å². The van der Waals surface area contributed by atoms with E-state index < -0.39 is 0 Å². The molecule has 0 bridgehead atoms. The molecule has 0 fully saturated rings. The Balaban J connectivity index is 1.99. The third-order valence-corrected chi connectivity index (χ3v) is 2.83. The highest BCUT2D eigenvalue weighted by Crippen LogP contribution is 2.17. The van der Waals surface area contributed by atoms with Crippen LogP contribution in [0, 0.1) is 0 Å². The summed E-state index contributed by atoms with van der Waals surface area (Å²) < 4.78 is 7.14. The first kappa shape index (κ1) is 10.9. The second kappa shape index (κ2) is 4.52. The molecule has 2 aromatic rings. The van der Waals surface area contributed by atoms with Gasteiger partial charge in [0.15, 0.2) is 4.67 Å². The number of furan rings is 1. The predicted molar refractivity (Wildman–Crippen MR) is 60.8 cm³/mol. The predicted octanol–water partition coefficient (Wildman–Crippen LogP) is 1.71. The van der Waals surface area contributed by atoms with Crippen LogP contribution in [-0.4, -0.2) is 15.7 Å². The Morgan fingerprint density at radius 1 is 1.62 bits per heavy atom. The van der Waals surface area contributed by atoms with Crippen molar-refractivity contribution in [2.75, 3.05) is 0 Å². The molecule has 0 saturated heterocycles. The largest absolute Gasteiger partial charge is 0.457 e. The van der Waals surface area contributed by atoms with Gasteiger partial charge in [-0.25, -0.2) is 0 Å². The molecular formula is C10H10BrN3O2. The number of rotatable bonds is 3. The molecule has 0 unspecified atom stereocenters. The third-order valence-electron chi connectivity index (χ3n) is 2.22. The average Bonchev–Trinajstić information content (AvgIpc) is 2.84. The highest BCUT2D eigenvalue weighted by Gasteiger charge is 2.12. The molecule has 16 heavy (non-hydrogen) atoms. The second-order valence-corrected chi connectivity index (χ2v) is 3.96. The van der Waals surface area contributed by atoms with Crippen LogP contribution in [0.15, 0.2) is 33.7 Å². The number of carbonyl (C=O) groups excluding carboxylic acids is 1. The molecule has 2 heterocycles. The molecule has 2 rings (SSSR count). The first-order valence-electron chi connectivity index (χ1n) is 4.66. The van der Waals surface area contributed by atoms with Crippen LogP contribution in [0.3, 0.4) is 0 Å². The molecular weight excluding hydrogens is 274 g/mol. The van der Waals surface area contributed by atoms with Gasteiger partial charge in [-0.05, 0) is 28.1 Å². The minimum absolute atomic E-state index is 0.179. The molecule has 5 nitrogen and oxygen atoms in total. The van der Waals surface area contributed by atoms with E-state index in [2.05, 4.69) is 26.3 Å². The zero-order valence-corrected chi connectivity index (χ0v) is 10.2. The summed E-state index contributed by atoms with van der Waals surface area (Å²) in [6, 6.07) is 3.47. The van der Waals surface area contributed by atoms with Gasteiger partial charge in [0.2, 0.25) is 0 Å². The minimum Gasteiger partial charge on any atom is -0.457 e. The lowest BCUT2D eigenvalue weighted by Crippen LogP contribution is -2.23. The Kier molecular flexibility index (Phi) is 3.09. The number of amides is 1. The number of halogens is 1. The van der Waals surface area contributed by atoms with Crippen molar-refractivity contribution in [3.05, 3.63) is 40.5 Å². The maximum Gasteiger partial charge on any atom is 0.256 e. The van der Waals surface area contributed by atoms with E-state index in [9.17, 15) is 4.79 Å². The monoisotopic (exact) mass is 283 g/mol. The zero-order valence-electron chi connectivity index (χ0n) is 8.61. The van der Waals surface area contributed by atoms with Crippen LogP contribution in [0.2, 0.25) is 0 Å². The molecule has 6 heteroatoms. The lowest BCUT2D eigenvalue weighted by molar-refractivity contribution is 0.0948. The molecule has 1 N–H and O–H groups in total. The number of aromatic nitrogens is 2. The summed E-state index contributed by atoms with van der Waals surface area (Å²) >= 11 is 3.16.